The Bertz CT molecular complexity index is 513. The quantitative estimate of drug-likeness (QED) is 0.564. The minimum absolute atomic E-state index is 0.0243. The largest absolute Gasteiger partial charge is 0.352 e. The Labute approximate surface area is 148 Å². The van der Waals surface area contributed by atoms with Gasteiger partial charge in [-0.05, 0) is 49.4 Å². The van der Waals surface area contributed by atoms with E-state index in [1.54, 1.807) is 0 Å². The van der Waals surface area contributed by atoms with Crippen molar-refractivity contribution in [2.24, 2.45) is 11.7 Å². The number of amides is 1. The fourth-order valence-corrected chi connectivity index (χ4v) is 1.83. The first-order valence-corrected chi connectivity index (χ1v) is 8.73. The Hall–Kier alpha value is -1.87. The van der Waals surface area contributed by atoms with Crippen molar-refractivity contribution >= 4 is 5.91 Å². The molecule has 3 nitrogen and oxygen atoms in total. The maximum absolute atomic E-state index is 11.6. The zero-order valence-electron chi connectivity index (χ0n) is 15.9. The van der Waals surface area contributed by atoms with Gasteiger partial charge in [-0.25, -0.2) is 0 Å². The van der Waals surface area contributed by atoms with Crippen LogP contribution in [0.4, 0.5) is 0 Å². The lowest BCUT2D eigenvalue weighted by atomic mass is 10.0. The van der Waals surface area contributed by atoms with Crippen molar-refractivity contribution in [2.45, 2.75) is 47.0 Å². The first kappa shape index (κ1) is 22.1. The average Bonchev–Trinajstić information content (AvgIpc) is 2.55. The normalized spacial score (nSPS) is 10.7. The van der Waals surface area contributed by atoms with Crippen LogP contribution >= 0.6 is 0 Å². The molecule has 0 aliphatic heterocycles. The van der Waals surface area contributed by atoms with E-state index in [0.717, 1.165) is 6.42 Å². The summed E-state index contributed by atoms with van der Waals surface area (Å²) in [5, 5.41) is 2.83. The van der Waals surface area contributed by atoms with Crippen LogP contribution in [-0.4, -0.2) is 19.0 Å². The molecule has 0 bridgehead atoms. The smallest absolute Gasteiger partial charge is 0.251 e. The molecule has 0 fully saturated rings. The van der Waals surface area contributed by atoms with Crippen molar-refractivity contribution in [3.8, 4) is 0 Å². The number of hydrogen-bond donors (Lipinski definition) is 2. The predicted molar refractivity (Wildman–Crippen MR) is 105 cm³/mol. The molecule has 3 heteroatoms. The van der Waals surface area contributed by atoms with E-state index >= 15 is 0 Å². The second kappa shape index (κ2) is 12.5. The topological polar surface area (TPSA) is 55.1 Å². The van der Waals surface area contributed by atoms with Gasteiger partial charge in [0.25, 0.3) is 5.91 Å². The highest BCUT2D eigenvalue weighted by Crippen LogP contribution is 2.14. The van der Waals surface area contributed by atoms with Gasteiger partial charge in [-0.2, -0.15) is 0 Å². The van der Waals surface area contributed by atoms with E-state index in [-0.39, 0.29) is 5.91 Å². The molecule has 0 saturated carbocycles. The number of hydrogen-bond acceptors (Lipinski definition) is 2. The van der Waals surface area contributed by atoms with Crippen LogP contribution in [0.1, 0.15) is 62.9 Å². The molecule has 0 unspecified atom stereocenters. The van der Waals surface area contributed by atoms with Gasteiger partial charge in [0, 0.05) is 12.1 Å². The number of benzene rings is 1. The highest BCUT2D eigenvalue weighted by Gasteiger charge is 2.05. The van der Waals surface area contributed by atoms with Crippen molar-refractivity contribution in [3.63, 3.8) is 0 Å². The summed E-state index contributed by atoms with van der Waals surface area (Å²) >= 11 is 0. The van der Waals surface area contributed by atoms with Gasteiger partial charge in [0.1, 0.15) is 0 Å². The Kier molecular flexibility index (Phi) is 11.6. The lowest BCUT2D eigenvalue weighted by Gasteiger charge is -2.07. The predicted octanol–water partition coefficient (Wildman–Crippen LogP) is 4.66. The Morgan fingerprint density at radius 1 is 1.21 bits per heavy atom. The van der Waals surface area contributed by atoms with Gasteiger partial charge < -0.3 is 11.1 Å². The van der Waals surface area contributed by atoms with E-state index in [0.29, 0.717) is 30.5 Å². The Balaban J connectivity index is 0.000000561. The molecule has 1 rings (SSSR count). The van der Waals surface area contributed by atoms with Crippen LogP contribution in [0.3, 0.4) is 0 Å². The molecular weight excluding hydrogens is 296 g/mol. The highest BCUT2D eigenvalue weighted by molar-refractivity contribution is 5.94. The molecule has 0 aliphatic rings. The number of nitrogens with one attached hydrogen (secondary N) is 1. The summed E-state index contributed by atoms with van der Waals surface area (Å²) in [4.78, 5) is 11.6. The second-order valence-electron chi connectivity index (χ2n) is 6.40. The molecule has 1 aromatic rings. The lowest BCUT2D eigenvalue weighted by Crippen LogP contribution is -2.25. The molecule has 0 aromatic heterocycles. The summed E-state index contributed by atoms with van der Waals surface area (Å²) in [6.45, 7) is 15.7. The van der Waals surface area contributed by atoms with Gasteiger partial charge in [0.2, 0.25) is 0 Å². The van der Waals surface area contributed by atoms with Gasteiger partial charge in [0.15, 0.2) is 0 Å². The minimum atomic E-state index is -0.0243. The van der Waals surface area contributed by atoms with Gasteiger partial charge in [-0.15, -0.1) is 0 Å². The van der Waals surface area contributed by atoms with Gasteiger partial charge >= 0.3 is 0 Å². The number of carbonyl (C=O) groups is 1. The van der Waals surface area contributed by atoms with E-state index in [4.69, 9.17) is 5.73 Å². The molecule has 0 aliphatic carbocycles. The molecule has 0 spiro atoms. The van der Waals surface area contributed by atoms with Gasteiger partial charge in [-0.1, -0.05) is 64.1 Å². The zero-order chi connectivity index (χ0) is 18.5. The summed E-state index contributed by atoms with van der Waals surface area (Å²) in [6, 6.07) is 7.74. The Morgan fingerprint density at radius 3 is 2.17 bits per heavy atom. The summed E-state index contributed by atoms with van der Waals surface area (Å²) in [6.07, 6.45) is 4.88. The first-order chi connectivity index (χ1) is 11.3. The third-order valence-corrected chi connectivity index (χ3v) is 3.63. The maximum Gasteiger partial charge on any atom is 0.251 e. The fraction of sp³-hybridized carbons (Fsp3) is 0.476. The highest BCUT2D eigenvalue weighted by atomic mass is 16.1. The molecule has 0 radical (unpaired) electrons. The minimum Gasteiger partial charge on any atom is -0.352 e. The van der Waals surface area contributed by atoms with Crippen LogP contribution in [0.2, 0.25) is 0 Å². The molecule has 0 saturated heterocycles. The standard InChI is InChI=1S/C13H20N2O.C8H14/c1-10(2)11-4-6-12(7-5-11)13(16)15-9-3-8-14;1-5-6-8(4)7(2)3/h4-7,10H,3,8-9,14H2,1-2H3,(H,15,16);5-7H,4H2,1-3H3/b;6-5-. The van der Waals surface area contributed by atoms with E-state index in [1.807, 2.05) is 43.3 Å². The number of rotatable bonds is 7. The van der Waals surface area contributed by atoms with Crippen LogP contribution in [0.25, 0.3) is 0 Å². The number of nitrogens with two attached hydrogens (primary N) is 1. The monoisotopic (exact) mass is 330 g/mol. The molecule has 24 heavy (non-hydrogen) atoms. The summed E-state index contributed by atoms with van der Waals surface area (Å²) in [7, 11) is 0. The SMILES string of the molecule is C=C(/C=C\C)C(C)C.CC(C)c1ccc(C(=O)NCCCN)cc1. The van der Waals surface area contributed by atoms with Crippen molar-refractivity contribution in [1.82, 2.24) is 5.32 Å². The van der Waals surface area contributed by atoms with Gasteiger partial charge in [0.05, 0.1) is 0 Å². The number of allylic oxidation sites excluding steroid dienone is 3. The zero-order valence-corrected chi connectivity index (χ0v) is 15.9. The summed E-state index contributed by atoms with van der Waals surface area (Å²) in [5.74, 6) is 1.06. The maximum atomic E-state index is 11.6. The van der Waals surface area contributed by atoms with Crippen LogP contribution in [0.5, 0.6) is 0 Å². The Morgan fingerprint density at radius 2 is 1.79 bits per heavy atom. The number of carbonyl (C=O) groups excluding carboxylic acids is 1. The molecule has 0 heterocycles. The molecular formula is C21H34N2O. The fourth-order valence-electron chi connectivity index (χ4n) is 1.83. The van der Waals surface area contributed by atoms with Crippen molar-refractivity contribution in [1.29, 1.82) is 0 Å². The summed E-state index contributed by atoms with van der Waals surface area (Å²) in [5.41, 5.74) is 8.51. The van der Waals surface area contributed by atoms with Crippen molar-refractivity contribution in [2.75, 3.05) is 13.1 Å². The third kappa shape index (κ3) is 9.31. The van der Waals surface area contributed by atoms with Crippen LogP contribution in [-0.2, 0) is 0 Å². The summed E-state index contributed by atoms with van der Waals surface area (Å²) < 4.78 is 0. The molecule has 1 aromatic carbocycles. The molecule has 3 N–H and O–H groups in total. The van der Waals surface area contributed by atoms with E-state index < -0.39 is 0 Å². The third-order valence-electron chi connectivity index (χ3n) is 3.63. The second-order valence-corrected chi connectivity index (χ2v) is 6.40. The molecule has 0 atom stereocenters. The van der Waals surface area contributed by atoms with Crippen LogP contribution in [0, 0.1) is 5.92 Å². The lowest BCUT2D eigenvalue weighted by molar-refractivity contribution is 0.0953. The van der Waals surface area contributed by atoms with Crippen molar-refractivity contribution in [3.05, 3.63) is 59.7 Å². The molecule has 1 amide bonds. The van der Waals surface area contributed by atoms with E-state index in [9.17, 15) is 4.79 Å². The van der Waals surface area contributed by atoms with Crippen LogP contribution < -0.4 is 11.1 Å². The van der Waals surface area contributed by atoms with E-state index in [1.165, 1.54) is 11.1 Å². The van der Waals surface area contributed by atoms with Gasteiger partial charge in [-0.3, -0.25) is 4.79 Å². The van der Waals surface area contributed by atoms with Crippen molar-refractivity contribution < 1.29 is 4.79 Å². The van der Waals surface area contributed by atoms with E-state index in [2.05, 4.69) is 39.6 Å². The average molecular weight is 331 g/mol. The van der Waals surface area contributed by atoms with Crippen LogP contribution in [0.15, 0.2) is 48.6 Å². The first-order valence-electron chi connectivity index (χ1n) is 8.73. The molecule has 134 valence electrons.